The van der Waals surface area contributed by atoms with Crippen LogP contribution in [0.25, 0.3) is 10.8 Å². The number of ether oxygens (including phenoxy) is 1. The van der Waals surface area contributed by atoms with E-state index in [4.69, 9.17) is 16.3 Å². The normalized spacial score (nSPS) is 22.6. The number of rotatable bonds is 3. The fourth-order valence-electron chi connectivity index (χ4n) is 5.37. The molecule has 4 amide bonds. The second kappa shape index (κ2) is 7.96. The Hall–Kier alpha value is -4.16. The number of nitriles is 1. The summed E-state index contributed by atoms with van der Waals surface area (Å²) in [6.45, 7) is 0.310. The Morgan fingerprint density at radius 3 is 2.66 bits per heavy atom. The number of hydrogen-bond acceptors (Lipinski definition) is 6. The Kier molecular flexibility index (Phi) is 4.86. The van der Waals surface area contributed by atoms with E-state index in [1.54, 1.807) is 47.4 Å². The van der Waals surface area contributed by atoms with Crippen LogP contribution in [0.2, 0.25) is 5.02 Å². The van der Waals surface area contributed by atoms with E-state index in [9.17, 15) is 19.6 Å². The number of aromatic nitrogens is 1. The average Bonchev–Trinajstić information content (AvgIpc) is 3.54. The smallest absolute Gasteiger partial charge is 0.410 e. The molecular weight excluding hydrogens is 470 g/mol. The van der Waals surface area contributed by atoms with Crippen molar-refractivity contribution in [2.24, 2.45) is 0 Å². The van der Waals surface area contributed by atoms with Crippen LogP contribution < -0.4 is 4.90 Å². The van der Waals surface area contributed by atoms with Crippen molar-refractivity contribution in [3.05, 3.63) is 71.0 Å². The number of carbonyl (C=O) groups is 3. The van der Waals surface area contributed by atoms with Crippen molar-refractivity contribution < 1.29 is 19.1 Å². The standard InChI is InChI=1S/C25H18ClN5O4/c26-18-8-4-1-5-14(18)13-35-25(34)29-12-15-9-20(29)22-23(32)31(24(33)30(15)22)21-11-28-19(10-27)16-6-2-3-7-17(16)21/h1-8,11,15,20,22H,9,12-13H2/t15-,20?,22+/m1/s1. The molecule has 2 bridgehead atoms. The van der Waals surface area contributed by atoms with Crippen LogP contribution in [0, 0.1) is 11.3 Å². The molecule has 0 radical (unpaired) electrons. The molecule has 6 rings (SSSR count). The number of amides is 4. The van der Waals surface area contributed by atoms with Crippen LogP contribution in [0.1, 0.15) is 17.7 Å². The van der Waals surface area contributed by atoms with Crippen LogP contribution in [-0.4, -0.2) is 57.5 Å². The topological polar surface area (TPSA) is 107 Å². The predicted molar refractivity (Wildman–Crippen MR) is 126 cm³/mol. The molecular formula is C25H18ClN5O4. The number of fused-ring (bicyclic) bond motifs is 6. The van der Waals surface area contributed by atoms with Gasteiger partial charge in [0.25, 0.3) is 5.91 Å². The SMILES string of the molecule is N#Cc1ncc(N2C(=O)[C@@H]3C4C[C@H](CN4C(=O)OCc4ccccc4Cl)N3C2=O)c2ccccc12. The highest BCUT2D eigenvalue weighted by Crippen LogP contribution is 2.43. The van der Waals surface area contributed by atoms with Crippen molar-refractivity contribution in [3.8, 4) is 6.07 Å². The molecule has 0 saturated carbocycles. The number of urea groups is 1. The Balaban J connectivity index is 1.27. The number of pyridine rings is 1. The highest BCUT2D eigenvalue weighted by atomic mass is 35.5. The number of imide groups is 1. The summed E-state index contributed by atoms with van der Waals surface area (Å²) in [5.74, 6) is -0.414. The zero-order chi connectivity index (χ0) is 24.3. The molecule has 3 saturated heterocycles. The van der Waals surface area contributed by atoms with Gasteiger partial charge in [-0.25, -0.2) is 19.5 Å². The van der Waals surface area contributed by atoms with Gasteiger partial charge in [-0.3, -0.25) is 4.79 Å². The minimum atomic E-state index is -0.788. The van der Waals surface area contributed by atoms with E-state index < -0.39 is 30.1 Å². The lowest BCUT2D eigenvalue weighted by atomic mass is 10.1. The Morgan fingerprint density at radius 2 is 1.89 bits per heavy atom. The number of halogens is 1. The van der Waals surface area contributed by atoms with Gasteiger partial charge in [0.15, 0.2) is 0 Å². The van der Waals surface area contributed by atoms with Gasteiger partial charge in [-0.1, -0.05) is 54.1 Å². The summed E-state index contributed by atoms with van der Waals surface area (Å²) in [5.41, 5.74) is 1.24. The third kappa shape index (κ3) is 3.14. The molecule has 3 fully saturated rings. The van der Waals surface area contributed by atoms with Gasteiger partial charge in [0.1, 0.15) is 24.4 Å². The molecule has 9 nitrogen and oxygen atoms in total. The number of nitrogens with zero attached hydrogens (tertiary/aromatic N) is 5. The van der Waals surface area contributed by atoms with Crippen molar-refractivity contribution >= 4 is 46.1 Å². The summed E-state index contributed by atoms with van der Waals surface area (Å²) in [6.07, 6.45) is 1.36. The minimum Gasteiger partial charge on any atom is -0.444 e. The van der Waals surface area contributed by atoms with Gasteiger partial charge in [-0.2, -0.15) is 5.26 Å². The summed E-state index contributed by atoms with van der Waals surface area (Å²) in [6, 6.07) is 14.2. The summed E-state index contributed by atoms with van der Waals surface area (Å²) in [7, 11) is 0. The molecule has 174 valence electrons. The molecule has 2 aromatic carbocycles. The van der Waals surface area contributed by atoms with E-state index in [0.717, 1.165) is 4.90 Å². The molecule has 0 aliphatic carbocycles. The fourth-order valence-corrected chi connectivity index (χ4v) is 5.56. The van der Waals surface area contributed by atoms with E-state index >= 15 is 0 Å². The van der Waals surface area contributed by atoms with Gasteiger partial charge < -0.3 is 14.5 Å². The highest BCUT2D eigenvalue weighted by molar-refractivity contribution is 6.31. The van der Waals surface area contributed by atoms with E-state index in [0.29, 0.717) is 40.0 Å². The van der Waals surface area contributed by atoms with Crippen molar-refractivity contribution in [1.29, 1.82) is 5.26 Å². The molecule has 3 aliphatic heterocycles. The maximum Gasteiger partial charge on any atom is 0.410 e. The van der Waals surface area contributed by atoms with Crippen LogP contribution in [-0.2, 0) is 16.1 Å². The van der Waals surface area contributed by atoms with Crippen LogP contribution >= 0.6 is 11.6 Å². The number of carbonyl (C=O) groups excluding carboxylic acids is 3. The van der Waals surface area contributed by atoms with Crippen LogP contribution in [0.15, 0.2) is 54.7 Å². The zero-order valence-corrected chi connectivity index (χ0v) is 19.1. The Bertz CT molecular complexity index is 1450. The zero-order valence-electron chi connectivity index (χ0n) is 18.3. The third-order valence-corrected chi connectivity index (χ3v) is 7.30. The lowest BCUT2D eigenvalue weighted by Crippen LogP contribution is -2.54. The first-order valence-electron chi connectivity index (χ1n) is 11.1. The summed E-state index contributed by atoms with van der Waals surface area (Å²) in [5, 5.41) is 11.0. The lowest BCUT2D eigenvalue weighted by Gasteiger charge is -2.34. The maximum atomic E-state index is 13.6. The Morgan fingerprint density at radius 1 is 1.14 bits per heavy atom. The summed E-state index contributed by atoms with van der Waals surface area (Å²) >= 11 is 6.15. The number of likely N-dealkylation sites (tertiary alicyclic amines) is 1. The quantitative estimate of drug-likeness (QED) is 0.521. The molecule has 35 heavy (non-hydrogen) atoms. The minimum absolute atomic E-state index is 0.0165. The number of anilines is 1. The number of hydrogen-bond donors (Lipinski definition) is 0. The molecule has 3 aliphatic rings. The molecule has 3 aromatic rings. The van der Waals surface area contributed by atoms with E-state index in [1.165, 1.54) is 11.1 Å². The van der Waals surface area contributed by atoms with Gasteiger partial charge in [0, 0.05) is 27.9 Å². The fraction of sp³-hybridized carbons (Fsp3) is 0.240. The van der Waals surface area contributed by atoms with E-state index in [2.05, 4.69) is 4.98 Å². The van der Waals surface area contributed by atoms with Crippen LogP contribution in [0.4, 0.5) is 15.3 Å². The molecule has 10 heteroatoms. The first-order chi connectivity index (χ1) is 17.0. The highest BCUT2D eigenvalue weighted by Gasteiger charge is 2.63. The van der Waals surface area contributed by atoms with Crippen molar-refractivity contribution in [1.82, 2.24) is 14.8 Å². The van der Waals surface area contributed by atoms with Crippen LogP contribution in [0.5, 0.6) is 0 Å². The van der Waals surface area contributed by atoms with Crippen LogP contribution in [0.3, 0.4) is 0 Å². The van der Waals surface area contributed by atoms with Crippen molar-refractivity contribution in [2.45, 2.75) is 31.2 Å². The second-order valence-corrected chi connectivity index (χ2v) is 9.12. The van der Waals surface area contributed by atoms with Gasteiger partial charge in [-0.15, -0.1) is 0 Å². The third-order valence-electron chi connectivity index (χ3n) is 6.93. The lowest BCUT2D eigenvalue weighted by molar-refractivity contribution is -0.121. The van der Waals surface area contributed by atoms with Gasteiger partial charge >= 0.3 is 12.1 Å². The first kappa shape index (κ1) is 21.4. The average molecular weight is 488 g/mol. The van der Waals surface area contributed by atoms with E-state index in [-0.39, 0.29) is 18.3 Å². The number of piperazine rings is 1. The Labute approximate surface area is 205 Å². The monoisotopic (exact) mass is 487 g/mol. The molecule has 4 heterocycles. The van der Waals surface area contributed by atoms with Gasteiger partial charge in [0.2, 0.25) is 0 Å². The van der Waals surface area contributed by atoms with Gasteiger partial charge in [0.05, 0.1) is 24.0 Å². The second-order valence-electron chi connectivity index (χ2n) is 8.71. The van der Waals surface area contributed by atoms with Gasteiger partial charge in [-0.05, 0) is 12.5 Å². The molecule has 0 spiro atoms. The molecule has 0 N–H and O–H groups in total. The van der Waals surface area contributed by atoms with E-state index in [1.807, 2.05) is 12.1 Å². The summed E-state index contributed by atoms with van der Waals surface area (Å²) in [4.78, 5) is 48.2. The molecule has 3 atom stereocenters. The summed E-state index contributed by atoms with van der Waals surface area (Å²) < 4.78 is 5.48. The maximum absolute atomic E-state index is 13.6. The predicted octanol–water partition coefficient (Wildman–Crippen LogP) is 3.69. The largest absolute Gasteiger partial charge is 0.444 e. The molecule has 1 unspecified atom stereocenters. The molecule has 1 aromatic heterocycles. The first-order valence-corrected chi connectivity index (χ1v) is 11.5. The van der Waals surface area contributed by atoms with Crippen molar-refractivity contribution in [2.75, 3.05) is 11.4 Å². The van der Waals surface area contributed by atoms with Crippen molar-refractivity contribution in [3.63, 3.8) is 0 Å². The number of benzene rings is 2.